The number of nitrogens with one attached hydrogen (secondary N) is 1. The first kappa shape index (κ1) is 15.9. The monoisotopic (exact) mass is 332 g/mol. The lowest BCUT2D eigenvalue weighted by atomic mass is 10.3. The molecule has 3 rings (SSSR count). The molecule has 1 saturated carbocycles. The van der Waals surface area contributed by atoms with E-state index in [-0.39, 0.29) is 11.2 Å². The van der Waals surface area contributed by atoms with Crippen molar-refractivity contribution < 1.29 is 9.53 Å². The second-order valence-electron chi connectivity index (χ2n) is 5.61. The summed E-state index contributed by atoms with van der Waals surface area (Å²) in [7, 11) is 1.60. The number of benzene rings is 1. The Kier molecular flexibility index (Phi) is 4.56. The molecule has 122 valence electrons. The molecule has 2 aromatic rings. The van der Waals surface area contributed by atoms with Crippen LogP contribution >= 0.6 is 11.8 Å². The van der Waals surface area contributed by atoms with Gasteiger partial charge in [0.2, 0.25) is 5.91 Å². The summed E-state index contributed by atoms with van der Waals surface area (Å²) in [6.45, 7) is 3.83. The van der Waals surface area contributed by atoms with E-state index in [2.05, 4.69) is 20.1 Å². The predicted octanol–water partition coefficient (Wildman–Crippen LogP) is 3.05. The van der Waals surface area contributed by atoms with Crippen molar-refractivity contribution in [1.82, 2.24) is 14.8 Å². The van der Waals surface area contributed by atoms with Gasteiger partial charge in [-0.1, -0.05) is 17.8 Å². The van der Waals surface area contributed by atoms with Crippen molar-refractivity contribution >= 4 is 23.4 Å². The van der Waals surface area contributed by atoms with Crippen molar-refractivity contribution in [3.05, 3.63) is 30.1 Å². The van der Waals surface area contributed by atoms with Crippen molar-refractivity contribution in [2.75, 3.05) is 12.4 Å². The van der Waals surface area contributed by atoms with Gasteiger partial charge >= 0.3 is 0 Å². The zero-order chi connectivity index (χ0) is 16.4. The van der Waals surface area contributed by atoms with Crippen LogP contribution in [0.25, 0.3) is 0 Å². The van der Waals surface area contributed by atoms with Crippen LogP contribution in [-0.4, -0.2) is 33.0 Å². The molecule has 0 unspecified atom stereocenters. The third-order valence-electron chi connectivity index (χ3n) is 3.74. The molecule has 1 aromatic carbocycles. The minimum absolute atomic E-state index is 0.0637. The van der Waals surface area contributed by atoms with Crippen LogP contribution in [0.15, 0.2) is 29.4 Å². The molecule has 1 N–H and O–H groups in total. The van der Waals surface area contributed by atoms with Gasteiger partial charge in [0.05, 0.1) is 12.4 Å². The Bertz CT molecular complexity index is 712. The largest absolute Gasteiger partial charge is 0.497 e. The maximum absolute atomic E-state index is 12.4. The molecule has 7 heteroatoms. The Morgan fingerprint density at radius 1 is 1.43 bits per heavy atom. The molecule has 0 aliphatic heterocycles. The first-order chi connectivity index (χ1) is 11.1. The highest BCUT2D eigenvalue weighted by Gasteiger charge is 2.29. The maximum atomic E-state index is 12.4. The number of carbonyl (C=O) groups excluding carboxylic acids is 1. The van der Waals surface area contributed by atoms with E-state index in [0.29, 0.717) is 11.8 Å². The molecule has 1 aliphatic carbocycles. The summed E-state index contributed by atoms with van der Waals surface area (Å²) in [4.78, 5) is 12.4. The van der Waals surface area contributed by atoms with Gasteiger partial charge in [-0.25, -0.2) is 0 Å². The van der Waals surface area contributed by atoms with E-state index in [9.17, 15) is 4.79 Å². The molecule has 1 fully saturated rings. The molecular weight excluding hydrogens is 312 g/mol. The van der Waals surface area contributed by atoms with Gasteiger partial charge in [-0.15, -0.1) is 10.2 Å². The van der Waals surface area contributed by atoms with E-state index < -0.39 is 0 Å². The van der Waals surface area contributed by atoms with Gasteiger partial charge in [-0.05, 0) is 38.8 Å². The maximum Gasteiger partial charge on any atom is 0.237 e. The predicted molar refractivity (Wildman–Crippen MR) is 90.0 cm³/mol. The number of anilines is 1. The van der Waals surface area contributed by atoms with Gasteiger partial charge in [-0.3, -0.25) is 4.79 Å². The zero-order valence-corrected chi connectivity index (χ0v) is 14.3. The number of hydrogen-bond acceptors (Lipinski definition) is 5. The summed E-state index contributed by atoms with van der Waals surface area (Å²) in [6, 6.07) is 7.83. The first-order valence-electron chi connectivity index (χ1n) is 7.61. The molecule has 1 atom stereocenters. The molecule has 1 heterocycles. The van der Waals surface area contributed by atoms with E-state index in [1.165, 1.54) is 11.8 Å². The normalized spacial score (nSPS) is 15.3. The Hall–Kier alpha value is -2.02. The smallest absolute Gasteiger partial charge is 0.237 e. The first-order valence-corrected chi connectivity index (χ1v) is 8.49. The number of ether oxygens (including phenoxy) is 1. The summed E-state index contributed by atoms with van der Waals surface area (Å²) in [6.07, 6.45) is 2.33. The molecule has 6 nitrogen and oxygen atoms in total. The third-order valence-corrected chi connectivity index (χ3v) is 4.79. The summed E-state index contributed by atoms with van der Waals surface area (Å²) < 4.78 is 7.31. The Morgan fingerprint density at radius 2 is 2.22 bits per heavy atom. The van der Waals surface area contributed by atoms with Gasteiger partial charge in [0.25, 0.3) is 0 Å². The van der Waals surface area contributed by atoms with Crippen molar-refractivity contribution in [3.8, 4) is 5.75 Å². The minimum Gasteiger partial charge on any atom is -0.497 e. The fraction of sp³-hybridized carbons (Fsp3) is 0.438. The number of aromatic nitrogens is 3. The summed E-state index contributed by atoms with van der Waals surface area (Å²) in [5, 5.41) is 11.8. The number of nitrogens with zero attached hydrogens (tertiary/aromatic N) is 3. The molecule has 0 saturated heterocycles. The summed E-state index contributed by atoms with van der Waals surface area (Å²) >= 11 is 1.44. The molecule has 1 aliphatic rings. The van der Waals surface area contributed by atoms with Gasteiger partial charge < -0.3 is 14.6 Å². The molecule has 0 radical (unpaired) electrons. The lowest BCUT2D eigenvalue weighted by Crippen LogP contribution is -2.23. The molecule has 0 bridgehead atoms. The van der Waals surface area contributed by atoms with E-state index in [4.69, 9.17) is 4.74 Å². The van der Waals surface area contributed by atoms with E-state index in [1.807, 2.05) is 32.0 Å². The van der Waals surface area contributed by atoms with E-state index >= 15 is 0 Å². The number of carbonyl (C=O) groups is 1. The van der Waals surface area contributed by atoms with Gasteiger partial charge in [0, 0.05) is 17.8 Å². The number of amides is 1. The average molecular weight is 332 g/mol. The molecule has 1 aromatic heterocycles. The number of methoxy groups -OCH3 is 1. The van der Waals surface area contributed by atoms with Gasteiger partial charge in [-0.2, -0.15) is 0 Å². The lowest BCUT2D eigenvalue weighted by Gasteiger charge is -2.13. The van der Waals surface area contributed by atoms with Crippen LogP contribution < -0.4 is 10.1 Å². The standard InChI is InChI=1S/C16H20N4O2S/c1-10(15(21)17-12-5-4-6-14(9-12)22-3)23-16-19-18-11(2)20(16)13-7-8-13/h4-6,9-10,13H,7-8H2,1-3H3,(H,17,21)/t10-/m1/s1. The van der Waals surface area contributed by atoms with Gasteiger partial charge in [0.15, 0.2) is 5.16 Å². The van der Waals surface area contributed by atoms with Crippen LogP contribution in [0.5, 0.6) is 5.75 Å². The lowest BCUT2D eigenvalue weighted by molar-refractivity contribution is -0.115. The topological polar surface area (TPSA) is 69.0 Å². The highest BCUT2D eigenvalue weighted by Crippen LogP contribution is 2.39. The van der Waals surface area contributed by atoms with Gasteiger partial charge in [0.1, 0.15) is 11.6 Å². The van der Waals surface area contributed by atoms with Crippen molar-refractivity contribution in [3.63, 3.8) is 0 Å². The molecule has 1 amide bonds. The molecular formula is C16H20N4O2S. The Labute approximate surface area is 139 Å². The molecule has 0 spiro atoms. The highest BCUT2D eigenvalue weighted by molar-refractivity contribution is 8.00. The van der Waals surface area contributed by atoms with Crippen molar-refractivity contribution in [2.45, 2.75) is 43.1 Å². The highest BCUT2D eigenvalue weighted by atomic mass is 32.2. The van der Waals surface area contributed by atoms with Crippen LogP contribution in [0, 0.1) is 6.92 Å². The summed E-state index contributed by atoms with van der Waals surface area (Å²) in [5.74, 6) is 1.56. The van der Waals surface area contributed by atoms with E-state index in [0.717, 1.165) is 29.5 Å². The second kappa shape index (κ2) is 6.62. The van der Waals surface area contributed by atoms with E-state index in [1.54, 1.807) is 13.2 Å². The SMILES string of the molecule is COc1cccc(NC(=O)[C@@H](C)Sc2nnc(C)n2C2CC2)c1. The fourth-order valence-corrected chi connectivity index (χ4v) is 3.30. The number of aryl methyl sites for hydroxylation is 1. The van der Waals surface area contributed by atoms with Crippen LogP contribution in [0.4, 0.5) is 5.69 Å². The number of thioether (sulfide) groups is 1. The Balaban J connectivity index is 1.65. The van der Waals surface area contributed by atoms with Crippen molar-refractivity contribution in [1.29, 1.82) is 0 Å². The zero-order valence-electron chi connectivity index (χ0n) is 13.4. The second-order valence-corrected chi connectivity index (χ2v) is 6.92. The third kappa shape index (κ3) is 3.67. The number of hydrogen-bond donors (Lipinski definition) is 1. The average Bonchev–Trinajstić information content (AvgIpc) is 3.31. The van der Waals surface area contributed by atoms with Crippen molar-refractivity contribution in [2.24, 2.45) is 0 Å². The quantitative estimate of drug-likeness (QED) is 0.823. The van der Waals surface area contributed by atoms with Crippen LogP contribution in [0.3, 0.4) is 0 Å². The number of rotatable bonds is 6. The Morgan fingerprint density at radius 3 is 2.91 bits per heavy atom. The van der Waals surface area contributed by atoms with Crippen LogP contribution in [0.2, 0.25) is 0 Å². The fourth-order valence-electron chi connectivity index (χ4n) is 2.34. The van der Waals surface area contributed by atoms with Crippen LogP contribution in [-0.2, 0) is 4.79 Å². The minimum atomic E-state index is -0.262. The van der Waals surface area contributed by atoms with Crippen LogP contribution in [0.1, 0.15) is 31.6 Å². The molecule has 23 heavy (non-hydrogen) atoms. The summed E-state index contributed by atoms with van der Waals surface area (Å²) in [5.41, 5.74) is 0.724.